The summed E-state index contributed by atoms with van der Waals surface area (Å²) in [7, 11) is 1.51. The third-order valence-corrected chi connectivity index (χ3v) is 6.71. The summed E-state index contributed by atoms with van der Waals surface area (Å²) in [5, 5.41) is 8.67. The van der Waals surface area contributed by atoms with Gasteiger partial charge in [-0.1, -0.05) is 54.6 Å². The van der Waals surface area contributed by atoms with Gasteiger partial charge in [0.1, 0.15) is 5.58 Å². The Bertz CT molecular complexity index is 1990. The van der Waals surface area contributed by atoms with E-state index in [1.54, 1.807) is 36.4 Å². The normalized spacial score (nSPS) is 11.3. The lowest BCUT2D eigenvalue weighted by Crippen LogP contribution is -2.21. The van der Waals surface area contributed by atoms with Crippen molar-refractivity contribution in [1.29, 1.82) is 0 Å². The highest BCUT2D eigenvalue weighted by Gasteiger charge is 2.17. The van der Waals surface area contributed by atoms with Crippen LogP contribution in [0, 0.1) is 6.92 Å². The number of hydrogen-bond acceptors (Lipinski definition) is 7. The van der Waals surface area contributed by atoms with E-state index < -0.39 is 0 Å². The van der Waals surface area contributed by atoms with Crippen LogP contribution in [0.15, 0.2) is 111 Å². The second-order valence-corrected chi connectivity index (χ2v) is 9.49. The molecule has 2 aromatic heterocycles. The third-order valence-electron chi connectivity index (χ3n) is 6.71. The maximum absolute atomic E-state index is 13.6. The third kappa shape index (κ3) is 5.23. The molecule has 9 heteroatoms. The van der Waals surface area contributed by atoms with Crippen LogP contribution in [0.25, 0.3) is 33.5 Å². The highest BCUT2D eigenvalue weighted by atomic mass is 16.5. The summed E-state index contributed by atoms with van der Waals surface area (Å²) in [6.07, 6.45) is 1.47. The first-order valence-electron chi connectivity index (χ1n) is 13.2. The molecule has 4 aromatic carbocycles. The summed E-state index contributed by atoms with van der Waals surface area (Å²) >= 11 is 0. The van der Waals surface area contributed by atoms with Crippen molar-refractivity contribution >= 4 is 39.7 Å². The van der Waals surface area contributed by atoms with Crippen molar-refractivity contribution in [3.8, 4) is 23.1 Å². The van der Waals surface area contributed by atoms with E-state index in [9.17, 15) is 9.59 Å². The van der Waals surface area contributed by atoms with Crippen LogP contribution in [0.1, 0.15) is 11.1 Å². The maximum atomic E-state index is 13.6. The Labute approximate surface area is 240 Å². The molecule has 0 saturated heterocycles. The van der Waals surface area contributed by atoms with Gasteiger partial charge in [-0.3, -0.25) is 9.59 Å². The van der Waals surface area contributed by atoms with Crippen LogP contribution < -0.4 is 20.3 Å². The molecule has 1 amide bonds. The molecule has 0 unspecified atom stereocenters. The topological polar surface area (TPSA) is 108 Å². The van der Waals surface area contributed by atoms with E-state index >= 15 is 0 Å². The Morgan fingerprint density at radius 2 is 1.79 bits per heavy atom. The first kappa shape index (κ1) is 26.5. The number of para-hydroxylation sites is 4. The number of fused-ring (bicyclic) bond motifs is 2. The first-order valence-corrected chi connectivity index (χ1v) is 13.2. The summed E-state index contributed by atoms with van der Waals surface area (Å²) in [5.41, 5.74) is 2.95. The molecular formula is C33H26N4O5. The molecule has 0 spiro atoms. The number of amides is 1. The number of aromatic nitrogens is 2. The zero-order valence-corrected chi connectivity index (χ0v) is 22.9. The van der Waals surface area contributed by atoms with E-state index in [0.717, 1.165) is 10.9 Å². The number of carbonyl (C=O) groups is 1. The number of anilines is 1. The Hall–Kier alpha value is -5.70. The van der Waals surface area contributed by atoms with Crippen molar-refractivity contribution in [2.24, 2.45) is 5.10 Å². The monoisotopic (exact) mass is 558 g/mol. The molecule has 0 bridgehead atoms. The van der Waals surface area contributed by atoms with Gasteiger partial charge in [0.2, 0.25) is 5.82 Å². The summed E-state index contributed by atoms with van der Waals surface area (Å²) in [6.45, 7) is 1.64. The van der Waals surface area contributed by atoms with Gasteiger partial charge >= 0.3 is 0 Å². The second-order valence-electron chi connectivity index (χ2n) is 9.49. The minimum absolute atomic E-state index is 0.245. The Balaban J connectivity index is 1.37. The van der Waals surface area contributed by atoms with Gasteiger partial charge in [-0.2, -0.15) is 9.78 Å². The van der Waals surface area contributed by atoms with Crippen molar-refractivity contribution in [3.63, 3.8) is 0 Å². The Morgan fingerprint density at radius 1 is 1.00 bits per heavy atom. The highest BCUT2D eigenvalue weighted by Crippen LogP contribution is 2.31. The van der Waals surface area contributed by atoms with Gasteiger partial charge in [0.25, 0.3) is 11.5 Å². The standard InChI is InChI=1S/C33H26N4O5/c1-21-10-3-6-14-25(21)35-30(38)20-41-31-23(12-9-17-28(31)40-2)19-34-37-32(29-18-22-11-4-8-16-27(22)42-29)36-26-15-7-5-13-24(26)33(37)39/h3-19H,20H2,1-2H3,(H,35,38). The van der Waals surface area contributed by atoms with Crippen LogP contribution in [0.4, 0.5) is 5.69 Å². The van der Waals surface area contributed by atoms with E-state index in [1.165, 1.54) is 18.0 Å². The molecule has 0 saturated carbocycles. The number of furan rings is 1. The molecule has 1 N–H and O–H groups in total. The number of benzene rings is 4. The van der Waals surface area contributed by atoms with E-state index in [0.29, 0.717) is 45.0 Å². The van der Waals surface area contributed by atoms with Gasteiger partial charge < -0.3 is 19.2 Å². The van der Waals surface area contributed by atoms with Crippen LogP contribution in [-0.2, 0) is 4.79 Å². The van der Waals surface area contributed by atoms with Crippen LogP contribution in [0.3, 0.4) is 0 Å². The molecule has 0 atom stereocenters. The van der Waals surface area contributed by atoms with E-state index in [1.807, 2.05) is 67.6 Å². The van der Waals surface area contributed by atoms with Gasteiger partial charge in [-0.15, -0.1) is 0 Å². The van der Waals surface area contributed by atoms with Crippen molar-refractivity contribution in [3.05, 3.63) is 119 Å². The predicted molar refractivity (Wildman–Crippen MR) is 163 cm³/mol. The summed E-state index contributed by atoms with van der Waals surface area (Å²) < 4.78 is 18.7. The van der Waals surface area contributed by atoms with E-state index in [-0.39, 0.29) is 23.9 Å². The lowest BCUT2D eigenvalue weighted by molar-refractivity contribution is -0.118. The van der Waals surface area contributed by atoms with E-state index in [2.05, 4.69) is 10.4 Å². The van der Waals surface area contributed by atoms with Crippen LogP contribution in [0.5, 0.6) is 11.5 Å². The van der Waals surface area contributed by atoms with Crippen LogP contribution in [-0.4, -0.2) is 35.5 Å². The van der Waals surface area contributed by atoms with Gasteiger partial charge in [0.15, 0.2) is 23.9 Å². The smallest absolute Gasteiger partial charge is 0.282 e. The van der Waals surface area contributed by atoms with Gasteiger partial charge in [0, 0.05) is 16.6 Å². The summed E-state index contributed by atoms with van der Waals surface area (Å²) in [6, 6.07) is 29.2. The molecule has 42 heavy (non-hydrogen) atoms. The molecule has 6 rings (SSSR count). The van der Waals surface area contributed by atoms with Crippen molar-refractivity contribution in [2.45, 2.75) is 6.92 Å². The number of nitrogens with zero attached hydrogens (tertiary/aromatic N) is 3. The number of nitrogens with one attached hydrogen (secondary N) is 1. The van der Waals surface area contributed by atoms with Gasteiger partial charge in [-0.05, 0) is 55.0 Å². The lowest BCUT2D eigenvalue weighted by atomic mass is 10.2. The lowest BCUT2D eigenvalue weighted by Gasteiger charge is -2.14. The quantitative estimate of drug-likeness (QED) is 0.229. The fraction of sp³-hybridized carbons (Fsp3) is 0.0909. The number of hydrogen-bond donors (Lipinski definition) is 1. The van der Waals surface area contributed by atoms with Gasteiger partial charge in [-0.25, -0.2) is 4.98 Å². The fourth-order valence-electron chi connectivity index (χ4n) is 4.59. The second kappa shape index (κ2) is 11.4. The number of rotatable bonds is 8. The number of ether oxygens (including phenoxy) is 2. The molecule has 9 nitrogen and oxygen atoms in total. The molecule has 0 aliphatic carbocycles. The zero-order chi connectivity index (χ0) is 29.1. The average molecular weight is 559 g/mol. The average Bonchev–Trinajstić information content (AvgIpc) is 3.45. The molecule has 6 aromatic rings. The Kier molecular flexibility index (Phi) is 7.21. The highest BCUT2D eigenvalue weighted by molar-refractivity contribution is 5.93. The minimum Gasteiger partial charge on any atom is -0.493 e. The predicted octanol–water partition coefficient (Wildman–Crippen LogP) is 6.03. The van der Waals surface area contributed by atoms with Gasteiger partial charge in [0.05, 0.1) is 24.2 Å². The van der Waals surface area contributed by atoms with Crippen molar-refractivity contribution in [1.82, 2.24) is 9.66 Å². The molecule has 0 fully saturated rings. The molecular weight excluding hydrogens is 532 g/mol. The molecule has 0 aliphatic rings. The summed E-state index contributed by atoms with van der Waals surface area (Å²) in [4.78, 5) is 31.1. The largest absolute Gasteiger partial charge is 0.493 e. The number of methoxy groups -OCH3 is 1. The maximum Gasteiger partial charge on any atom is 0.282 e. The number of aryl methyl sites for hydroxylation is 1. The SMILES string of the molecule is COc1cccc(C=Nn2c(-c3cc4ccccc4o3)nc3ccccc3c2=O)c1OCC(=O)Nc1ccccc1C. The van der Waals surface area contributed by atoms with Crippen molar-refractivity contribution in [2.75, 3.05) is 19.0 Å². The summed E-state index contributed by atoms with van der Waals surface area (Å²) in [5.74, 6) is 1.01. The molecule has 208 valence electrons. The van der Waals surface area contributed by atoms with Crippen LogP contribution in [0.2, 0.25) is 0 Å². The first-order chi connectivity index (χ1) is 20.5. The zero-order valence-electron chi connectivity index (χ0n) is 22.9. The molecule has 0 radical (unpaired) electrons. The fourth-order valence-corrected chi connectivity index (χ4v) is 4.59. The molecule has 2 heterocycles. The van der Waals surface area contributed by atoms with Crippen molar-refractivity contribution < 1.29 is 18.7 Å². The number of carbonyl (C=O) groups excluding carboxylic acids is 1. The Morgan fingerprint density at radius 3 is 2.62 bits per heavy atom. The molecule has 0 aliphatic heterocycles. The van der Waals surface area contributed by atoms with E-state index in [4.69, 9.17) is 18.9 Å². The van der Waals surface area contributed by atoms with Crippen LogP contribution >= 0.6 is 0 Å². The minimum atomic E-state index is -0.365.